The minimum atomic E-state index is -4.21. The molecule has 1 aliphatic carbocycles. The van der Waals surface area contributed by atoms with Gasteiger partial charge in [-0.15, -0.1) is 0 Å². The minimum absolute atomic E-state index is 0.406. The lowest BCUT2D eigenvalue weighted by atomic mass is 9.75. The maximum atomic E-state index is 12.4. The highest BCUT2D eigenvalue weighted by molar-refractivity contribution is 4.99. The van der Waals surface area contributed by atoms with Gasteiger partial charge in [0.05, 0.1) is 0 Å². The molecule has 5 heteroatoms. The average molecular weight is 196 g/mol. The molecular formula is C8H15F3N2. The summed E-state index contributed by atoms with van der Waals surface area (Å²) in [4.78, 5) is 0.542. The highest BCUT2D eigenvalue weighted by Gasteiger charge is 2.50. The molecule has 0 heterocycles. The maximum Gasteiger partial charge on any atom is 0.460 e. The van der Waals surface area contributed by atoms with Gasteiger partial charge in [-0.3, -0.25) is 0 Å². The Bertz CT molecular complexity index is 175. The van der Waals surface area contributed by atoms with Gasteiger partial charge in [-0.1, -0.05) is 0 Å². The van der Waals surface area contributed by atoms with E-state index in [1.54, 1.807) is 7.05 Å². The van der Waals surface area contributed by atoms with Gasteiger partial charge in [0.15, 0.2) is 0 Å². The van der Waals surface area contributed by atoms with Gasteiger partial charge in [0.2, 0.25) is 0 Å². The predicted molar refractivity (Wildman–Crippen MR) is 44.3 cm³/mol. The zero-order valence-electron chi connectivity index (χ0n) is 7.91. The number of alkyl halides is 3. The fraction of sp³-hybridized carbons (Fsp3) is 1.00. The first-order valence-electron chi connectivity index (χ1n) is 4.38. The van der Waals surface area contributed by atoms with E-state index in [-0.39, 0.29) is 0 Å². The van der Waals surface area contributed by atoms with E-state index < -0.39 is 11.8 Å². The first kappa shape index (κ1) is 10.8. The second kappa shape index (κ2) is 3.46. The Labute approximate surface area is 76.1 Å². The highest BCUT2D eigenvalue weighted by atomic mass is 19.4. The monoisotopic (exact) mass is 196 g/mol. The fourth-order valence-electron chi connectivity index (χ4n) is 1.81. The SMILES string of the molecule is CNCC1(N(C)C(F)(F)F)CCC1. The summed E-state index contributed by atoms with van der Waals surface area (Å²) >= 11 is 0. The summed E-state index contributed by atoms with van der Waals surface area (Å²) in [6.45, 7) is 0.406. The lowest BCUT2D eigenvalue weighted by Crippen LogP contribution is -2.61. The molecule has 0 radical (unpaired) electrons. The molecule has 2 nitrogen and oxygen atoms in total. The Hall–Kier alpha value is -0.290. The van der Waals surface area contributed by atoms with Crippen molar-refractivity contribution in [2.45, 2.75) is 31.1 Å². The van der Waals surface area contributed by atoms with E-state index >= 15 is 0 Å². The van der Waals surface area contributed by atoms with Gasteiger partial charge < -0.3 is 5.32 Å². The summed E-state index contributed by atoms with van der Waals surface area (Å²) in [5.74, 6) is 0. The minimum Gasteiger partial charge on any atom is -0.318 e. The lowest BCUT2D eigenvalue weighted by molar-refractivity contribution is -0.277. The molecule has 0 aromatic rings. The molecule has 0 bridgehead atoms. The third-order valence-electron chi connectivity index (χ3n) is 2.88. The van der Waals surface area contributed by atoms with Crippen molar-refractivity contribution in [1.29, 1.82) is 0 Å². The molecule has 0 saturated heterocycles. The van der Waals surface area contributed by atoms with Gasteiger partial charge in [-0.25, -0.2) is 4.90 Å². The van der Waals surface area contributed by atoms with Crippen LogP contribution in [0.1, 0.15) is 19.3 Å². The molecule has 1 aliphatic rings. The van der Waals surface area contributed by atoms with Crippen LogP contribution in [-0.2, 0) is 0 Å². The number of nitrogens with zero attached hydrogens (tertiary/aromatic N) is 1. The van der Waals surface area contributed by atoms with Gasteiger partial charge in [0.25, 0.3) is 0 Å². The van der Waals surface area contributed by atoms with Crippen molar-refractivity contribution in [3.05, 3.63) is 0 Å². The van der Waals surface area contributed by atoms with Crippen LogP contribution >= 0.6 is 0 Å². The molecule has 1 rings (SSSR count). The lowest BCUT2D eigenvalue weighted by Gasteiger charge is -2.49. The third kappa shape index (κ3) is 1.96. The molecule has 0 unspecified atom stereocenters. The van der Waals surface area contributed by atoms with E-state index in [1.165, 1.54) is 0 Å². The quantitative estimate of drug-likeness (QED) is 0.689. The molecule has 0 amide bonds. The topological polar surface area (TPSA) is 15.3 Å². The van der Waals surface area contributed by atoms with Crippen LogP contribution < -0.4 is 5.32 Å². The summed E-state index contributed by atoms with van der Waals surface area (Å²) in [6, 6.07) is 0. The van der Waals surface area contributed by atoms with Crippen LogP contribution in [0.15, 0.2) is 0 Å². The van der Waals surface area contributed by atoms with Crippen LogP contribution in [0.3, 0.4) is 0 Å². The summed E-state index contributed by atoms with van der Waals surface area (Å²) in [5, 5.41) is 2.82. The van der Waals surface area contributed by atoms with E-state index in [0.29, 0.717) is 24.3 Å². The van der Waals surface area contributed by atoms with Crippen LogP contribution in [0.25, 0.3) is 0 Å². The van der Waals surface area contributed by atoms with Gasteiger partial charge in [-0.05, 0) is 33.4 Å². The van der Waals surface area contributed by atoms with Crippen molar-refractivity contribution in [1.82, 2.24) is 10.2 Å². The average Bonchev–Trinajstić information content (AvgIpc) is 1.93. The van der Waals surface area contributed by atoms with E-state index in [1.807, 2.05) is 0 Å². The first-order valence-corrected chi connectivity index (χ1v) is 4.38. The van der Waals surface area contributed by atoms with Gasteiger partial charge in [0, 0.05) is 12.1 Å². The van der Waals surface area contributed by atoms with Crippen LogP contribution in [0.2, 0.25) is 0 Å². The van der Waals surface area contributed by atoms with Crippen LogP contribution in [0, 0.1) is 0 Å². The molecule has 1 N–H and O–H groups in total. The Kier molecular flexibility index (Phi) is 2.87. The maximum absolute atomic E-state index is 12.4. The van der Waals surface area contributed by atoms with Crippen molar-refractivity contribution >= 4 is 0 Å². The van der Waals surface area contributed by atoms with Crippen molar-refractivity contribution in [2.75, 3.05) is 20.6 Å². The normalized spacial score (nSPS) is 21.7. The predicted octanol–water partition coefficient (Wildman–Crippen LogP) is 1.58. The first-order chi connectivity index (χ1) is 5.92. The Morgan fingerprint density at radius 3 is 2.15 bits per heavy atom. The number of halogens is 3. The zero-order chi connectivity index (χ0) is 10.1. The smallest absolute Gasteiger partial charge is 0.318 e. The number of hydrogen-bond acceptors (Lipinski definition) is 2. The summed E-state index contributed by atoms with van der Waals surface area (Å²) in [6.07, 6.45) is -2.06. The van der Waals surface area contributed by atoms with Gasteiger partial charge >= 0.3 is 6.30 Å². The molecule has 0 atom stereocenters. The zero-order valence-corrected chi connectivity index (χ0v) is 7.91. The standard InChI is InChI=1S/C8H15F3N2/c1-12-6-7(4-3-5-7)13(2)8(9,10)11/h12H,3-6H2,1-2H3. The number of rotatable bonds is 3. The molecule has 0 aliphatic heterocycles. The van der Waals surface area contributed by atoms with Crippen molar-refractivity contribution in [3.63, 3.8) is 0 Å². The third-order valence-corrected chi connectivity index (χ3v) is 2.88. The van der Waals surface area contributed by atoms with Crippen molar-refractivity contribution in [2.24, 2.45) is 0 Å². The van der Waals surface area contributed by atoms with Crippen molar-refractivity contribution < 1.29 is 13.2 Å². The van der Waals surface area contributed by atoms with Crippen LogP contribution in [-0.4, -0.2) is 37.4 Å². The Balaban J connectivity index is 2.65. The molecule has 13 heavy (non-hydrogen) atoms. The molecule has 1 saturated carbocycles. The van der Waals surface area contributed by atoms with E-state index in [9.17, 15) is 13.2 Å². The van der Waals surface area contributed by atoms with E-state index in [0.717, 1.165) is 13.5 Å². The Morgan fingerprint density at radius 2 is 1.92 bits per heavy atom. The molecule has 0 aromatic carbocycles. The fourth-order valence-corrected chi connectivity index (χ4v) is 1.81. The number of nitrogens with one attached hydrogen (secondary N) is 1. The molecule has 0 aromatic heterocycles. The highest BCUT2D eigenvalue weighted by Crippen LogP contribution is 2.41. The number of hydrogen-bond donors (Lipinski definition) is 1. The number of likely N-dealkylation sites (N-methyl/N-ethyl adjacent to an activating group) is 2. The summed E-state index contributed by atoms with van der Waals surface area (Å²) < 4.78 is 37.2. The molecule has 1 fully saturated rings. The Morgan fingerprint density at radius 1 is 1.38 bits per heavy atom. The molecule has 0 spiro atoms. The summed E-state index contributed by atoms with van der Waals surface area (Å²) in [7, 11) is 2.82. The molecular weight excluding hydrogens is 181 g/mol. The van der Waals surface area contributed by atoms with Gasteiger partial charge in [0.1, 0.15) is 0 Å². The molecule has 78 valence electrons. The van der Waals surface area contributed by atoms with Gasteiger partial charge in [-0.2, -0.15) is 13.2 Å². The second-order valence-electron chi connectivity index (χ2n) is 3.64. The van der Waals surface area contributed by atoms with Crippen molar-refractivity contribution in [3.8, 4) is 0 Å². The van der Waals surface area contributed by atoms with Crippen LogP contribution in [0.5, 0.6) is 0 Å². The van der Waals surface area contributed by atoms with E-state index in [2.05, 4.69) is 5.32 Å². The largest absolute Gasteiger partial charge is 0.460 e. The van der Waals surface area contributed by atoms with E-state index in [4.69, 9.17) is 0 Å². The van der Waals surface area contributed by atoms with Crippen LogP contribution in [0.4, 0.5) is 13.2 Å². The second-order valence-corrected chi connectivity index (χ2v) is 3.64. The summed E-state index contributed by atoms with van der Waals surface area (Å²) in [5.41, 5.74) is -0.688.